The molecule has 15 heavy (non-hydrogen) atoms. The van der Waals surface area contributed by atoms with Gasteiger partial charge in [0.15, 0.2) is 0 Å². The van der Waals surface area contributed by atoms with Crippen molar-refractivity contribution in [2.24, 2.45) is 11.8 Å². The summed E-state index contributed by atoms with van der Waals surface area (Å²) in [5.41, 5.74) is 0. The van der Waals surface area contributed by atoms with Crippen LogP contribution in [0.2, 0.25) is 0 Å². The van der Waals surface area contributed by atoms with Crippen LogP contribution in [-0.2, 0) is 4.74 Å². The molecule has 1 aliphatic carbocycles. The Hall–Kier alpha value is -0.0800. The maximum atomic E-state index is 5.80. The van der Waals surface area contributed by atoms with E-state index in [2.05, 4.69) is 19.2 Å². The molecule has 2 nitrogen and oxygen atoms in total. The molecule has 0 aromatic carbocycles. The van der Waals surface area contributed by atoms with E-state index in [-0.39, 0.29) is 0 Å². The number of hydrogen-bond acceptors (Lipinski definition) is 2. The van der Waals surface area contributed by atoms with E-state index in [1.54, 1.807) is 0 Å². The fourth-order valence-corrected chi connectivity index (χ4v) is 3.06. The summed E-state index contributed by atoms with van der Waals surface area (Å²) in [5.74, 6) is 1.42. The third-order valence-electron chi connectivity index (χ3n) is 3.94. The van der Waals surface area contributed by atoms with Crippen molar-refractivity contribution in [3.05, 3.63) is 0 Å². The number of rotatable bonds is 4. The fraction of sp³-hybridized carbons (Fsp3) is 1.00. The van der Waals surface area contributed by atoms with Gasteiger partial charge in [0, 0.05) is 19.2 Å². The van der Waals surface area contributed by atoms with E-state index in [9.17, 15) is 0 Å². The fourth-order valence-electron chi connectivity index (χ4n) is 3.06. The molecule has 2 atom stereocenters. The van der Waals surface area contributed by atoms with Crippen molar-refractivity contribution in [3.8, 4) is 0 Å². The summed E-state index contributed by atoms with van der Waals surface area (Å²) >= 11 is 0. The second-order valence-corrected chi connectivity index (χ2v) is 5.52. The molecule has 2 aliphatic rings. The van der Waals surface area contributed by atoms with Gasteiger partial charge in [-0.15, -0.1) is 0 Å². The highest BCUT2D eigenvalue weighted by Gasteiger charge is 2.30. The lowest BCUT2D eigenvalue weighted by atomic mass is 9.93. The molecule has 0 aromatic rings. The van der Waals surface area contributed by atoms with Crippen molar-refractivity contribution >= 4 is 0 Å². The first-order valence-corrected chi connectivity index (χ1v) is 6.62. The molecule has 88 valence electrons. The normalized spacial score (nSPS) is 33.0. The van der Waals surface area contributed by atoms with Gasteiger partial charge in [-0.05, 0) is 31.1 Å². The highest BCUT2D eigenvalue weighted by molar-refractivity contribution is 4.82. The Morgan fingerprint density at radius 2 is 1.93 bits per heavy atom. The molecule has 1 aliphatic heterocycles. The third-order valence-corrected chi connectivity index (χ3v) is 3.94. The van der Waals surface area contributed by atoms with Crippen LogP contribution in [0.4, 0.5) is 0 Å². The molecule has 2 unspecified atom stereocenters. The van der Waals surface area contributed by atoms with Crippen LogP contribution in [0.3, 0.4) is 0 Å². The maximum Gasteiger partial charge on any atom is 0.0639 e. The average Bonchev–Trinajstić information content (AvgIpc) is 2.86. The first kappa shape index (κ1) is 11.4. The number of ether oxygens (including phenoxy) is 1. The minimum atomic E-state index is 0.499. The molecule has 0 aromatic heterocycles. The Morgan fingerprint density at radius 1 is 1.20 bits per heavy atom. The van der Waals surface area contributed by atoms with Crippen LogP contribution in [0.5, 0.6) is 0 Å². The minimum absolute atomic E-state index is 0.499. The Bertz CT molecular complexity index is 187. The summed E-state index contributed by atoms with van der Waals surface area (Å²) in [6.07, 6.45) is 7.38. The van der Waals surface area contributed by atoms with Crippen LogP contribution in [0.1, 0.15) is 46.0 Å². The summed E-state index contributed by atoms with van der Waals surface area (Å²) in [7, 11) is 0. The standard InChI is InChI=1S/C13H25NO/c1-10(2)13-11(7-8-15-13)9-14-12-5-3-4-6-12/h10-14H,3-9H2,1-2H3. The van der Waals surface area contributed by atoms with Gasteiger partial charge in [0.1, 0.15) is 0 Å². The molecular weight excluding hydrogens is 186 g/mol. The second-order valence-electron chi connectivity index (χ2n) is 5.52. The highest BCUT2D eigenvalue weighted by atomic mass is 16.5. The van der Waals surface area contributed by atoms with Gasteiger partial charge in [-0.2, -0.15) is 0 Å². The van der Waals surface area contributed by atoms with Gasteiger partial charge >= 0.3 is 0 Å². The first-order valence-electron chi connectivity index (χ1n) is 6.62. The van der Waals surface area contributed by atoms with E-state index < -0.39 is 0 Å². The Morgan fingerprint density at radius 3 is 2.60 bits per heavy atom. The van der Waals surface area contributed by atoms with Crippen LogP contribution >= 0.6 is 0 Å². The third kappa shape index (κ3) is 2.94. The molecule has 0 bridgehead atoms. The van der Waals surface area contributed by atoms with E-state index in [1.807, 2.05) is 0 Å². The summed E-state index contributed by atoms with van der Waals surface area (Å²) in [6, 6.07) is 0.804. The quantitative estimate of drug-likeness (QED) is 0.771. The Labute approximate surface area is 93.8 Å². The largest absolute Gasteiger partial charge is 0.378 e. The van der Waals surface area contributed by atoms with Crippen molar-refractivity contribution < 1.29 is 4.74 Å². The lowest BCUT2D eigenvalue weighted by Gasteiger charge is -2.23. The summed E-state index contributed by atoms with van der Waals surface area (Å²) in [4.78, 5) is 0. The molecule has 0 spiro atoms. The van der Waals surface area contributed by atoms with Crippen molar-refractivity contribution in [3.63, 3.8) is 0 Å². The van der Waals surface area contributed by atoms with Gasteiger partial charge in [0.2, 0.25) is 0 Å². The average molecular weight is 211 g/mol. The monoisotopic (exact) mass is 211 g/mol. The summed E-state index contributed by atoms with van der Waals surface area (Å²) in [6.45, 7) is 6.70. The predicted molar refractivity (Wildman–Crippen MR) is 62.9 cm³/mol. The molecule has 2 heteroatoms. The second kappa shape index (κ2) is 5.31. The molecule has 1 saturated carbocycles. The maximum absolute atomic E-state index is 5.80. The van der Waals surface area contributed by atoms with E-state index in [4.69, 9.17) is 4.74 Å². The molecule has 2 rings (SSSR count). The van der Waals surface area contributed by atoms with Gasteiger partial charge in [-0.25, -0.2) is 0 Å². The number of nitrogens with one attached hydrogen (secondary N) is 1. The molecule has 2 fully saturated rings. The molecule has 1 N–H and O–H groups in total. The van der Waals surface area contributed by atoms with E-state index in [1.165, 1.54) is 38.6 Å². The smallest absolute Gasteiger partial charge is 0.0639 e. The minimum Gasteiger partial charge on any atom is -0.378 e. The van der Waals surface area contributed by atoms with Gasteiger partial charge < -0.3 is 10.1 Å². The summed E-state index contributed by atoms with van der Waals surface area (Å²) in [5, 5.41) is 3.73. The van der Waals surface area contributed by atoms with Crippen LogP contribution in [-0.4, -0.2) is 25.3 Å². The molecule has 1 saturated heterocycles. The van der Waals surface area contributed by atoms with Gasteiger partial charge in [0.05, 0.1) is 6.10 Å². The van der Waals surface area contributed by atoms with Crippen molar-refractivity contribution in [1.29, 1.82) is 0 Å². The van der Waals surface area contributed by atoms with Gasteiger partial charge in [-0.3, -0.25) is 0 Å². The van der Waals surface area contributed by atoms with Crippen molar-refractivity contribution in [1.82, 2.24) is 5.32 Å². The zero-order valence-electron chi connectivity index (χ0n) is 10.2. The Kier molecular flexibility index (Phi) is 4.04. The van der Waals surface area contributed by atoms with Crippen molar-refractivity contribution in [2.75, 3.05) is 13.2 Å². The zero-order chi connectivity index (χ0) is 10.7. The van der Waals surface area contributed by atoms with E-state index in [0.29, 0.717) is 12.0 Å². The zero-order valence-corrected chi connectivity index (χ0v) is 10.2. The molecule has 0 amide bonds. The van der Waals surface area contributed by atoms with E-state index >= 15 is 0 Å². The van der Waals surface area contributed by atoms with Crippen LogP contribution in [0.15, 0.2) is 0 Å². The lowest BCUT2D eigenvalue weighted by molar-refractivity contribution is 0.0534. The number of hydrogen-bond donors (Lipinski definition) is 1. The summed E-state index contributed by atoms with van der Waals surface area (Å²) < 4.78 is 5.80. The van der Waals surface area contributed by atoms with Crippen LogP contribution in [0.25, 0.3) is 0 Å². The molecular formula is C13H25NO. The molecule has 0 radical (unpaired) electrons. The van der Waals surface area contributed by atoms with Gasteiger partial charge in [-0.1, -0.05) is 26.7 Å². The molecule has 1 heterocycles. The highest BCUT2D eigenvalue weighted by Crippen LogP contribution is 2.27. The van der Waals surface area contributed by atoms with Crippen molar-refractivity contribution in [2.45, 2.75) is 58.1 Å². The Balaban J connectivity index is 1.73. The lowest BCUT2D eigenvalue weighted by Crippen LogP contribution is -2.36. The van der Waals surface area contributed by atoms with E-state index in [0.717, 1.165) is 18.6 Å². The SMILES string of the molecule is CC(C)C1OCCC1CNC1CCCC1. The van der Waals surface area contributed by atoms with Crippen LogP contribution < -0.4 is 5.32 Å². The topological polar surface area (TPSA) is 21.3 Å². The van der Waals surface area contributed by atoms with Crippen LogP contribution in [0, 0.1) is 11.8 Å². The first-order chi connectivity index (χ1) is 7.27. The van der Waals surface area contributed by atoms with Gasteiger partial charge in [0.25, 0.3) is 0 Å². The predicted octanol–water partition coefficient (Wildman–Crippen LogP) is 2.58.